The molecule has 0 aliphatic carbocycles. The van der Waals surface area contributed by atoms with Gasteiger partial charge in [-0.15, -0.1) is 0 Å². The number of aliphatic hydroxyl groups is 3. The normalized spacial score (nSPS) is 14.1. The Morgan fingerprint density at radius 2 is 2.11 bits per heavy atom. The molecule has 0 saturated carbocycles. The first-order valence-electron chi connectivity index (χ1n) is 5.43. The number of carbonyl (C=O) groups excluding carboxylic acids is 1. The highest BCUT2D eigenvalue weighted by atomic mass is 35.5. The van der Waals surface area contributed by atoms with Gasteiger partial charge in [-0.05, 0) is 30.2 Å². The molecule has 3 N–H and O–H groups in total. The molecule has 0 radical (unpaired) electrons. The van der Waals surface area contributed by atoms with Crippen LogP contribution in [-0.4, -0.2) is 34.0 Å². The van der Waals surface area contributed by atoms with E-state index in [1.807, 2.05) is 0 Å². The van der Waals surface area contributed by atoms with Crippen LogP contribution in [0.3, 0.4) is 0 Å². The van der Waals surface area contributed by atoms with Crippen LogP contribution < -0.4 is 0 Å². The summed E-state index contributed by atoms with van der Waals surface area (Å²) in [7, 11) is 0. The molecular weight excluding hydrogens is 260 g/mol. The minimum Gasteiger partial charge on any atom is -0.464 e. The summed E-state index contributed by atoms with van der Waals surface area (Å²) in [5.74, 6) is -0.913. The van der Waals surface area contributed by atoms with Crippen molar-refractivity contribution >= 4 is 17.6 Å². The van der Waals surface area contributed by atoms with Crippen molar-refractivity contribution in [3.8, 4) is 0 Å². The molecule has 0 amide bonds. The fraction of sp³-hybridized carbons (Fsp3) is 0.417. The number of ether oxygens (including phenoxy) is 1. The third-order valence-corrected chi connectivity index (χ3v) is 2.66. The smallest absolute Gasteiger partial charge is 0.338 e. The molecule has 2 unspecified atom stereocenters. The molecule has 6 heteroatoms. The molecular formula is C12H15ClO5. The molecule has 0 spiro atoms. The fourth-order valence-electron chi connectivity index (χ4n) is 1.53. The Bertz CT molecular complexity index is 421. The Morgan fingerprint density at radius 1 is 1.44 bits per heavy atom. The molecule has 0 aliphatic heterocycles. The Hall–Kier alpha value is -1.14. The zero-order chi connectivity index (χ0) is 13.7. The van der Waals surface area contributed by atoms with E-state index in [2.05, 4.69) is 4.74 Å². The Morgan fingerprint density at radius 3 is 2.67 bits per heavy atom. The largest absolute Gasteiger partial charge is 0.464 e. The van der Waals surface area contributed by atoms with E-state index in [1.165, 1.54) is 18.2 Å². The first-order valence-corrected chi connectivity index (χ1v) is 5.81. The maximum absolute atomic E-state index is 11.3. The van der Waals surface area contributed by atoms with Gasteiger partial charge in [0.15, 0.2) is 6.10 Å². The molecule has 1 aromatic rings. The first-order chi connectivity index (χ1) is 8.51. The van der Waals surface area contributed by atoms with Gasteiger partial charge in [-0.3, -0.25) is 0 Å². The third-order valence-electron chi connectivity index (χ3n) is 2.42. The molecule has 18 heavy (non-hydrogen) atoms. The van der Waals surface area contributed by atoms with E-state index in [-0.39, 0.29) is 18.8 Å². The van der Waals surface area contributed by atoms with Crippen molar-refractivity contribution < 1.29 is 24.9 Å². The van der Waals surface area contributed by atoms with Crippen LogP contribution in [0.5, 0.6) is 0 Å². The number of aliphatic hydroxyl groups excluding tert-OH is 3. The van der Waals surface area contributed by atoms with Crippen molar-refractivity contribution in [1.82, 2.24) is 0 Å². The predicted molar refractivity (Wildman–Crippen MR) is 65.0 cm³/mol. The number of benzene rings is 1. The Kier molecular flexibility index (Phi) is 5.55. The molecule has 0 fully saturated rings. The molecule has 0 aliphatic rings. The highest BCUT2D eigenvalue weighted by Gasteiger charge is 2.28. The summed E-state index contributed by atoms with van der Waals surface area (Å²) in [6.45, 7) is 1.34. The Labute approximate surface area is 110 Å². The van der Waals surface area contributed by atoms with Crippen LogP contribution in [0.1, 0.15) is 24.2 Å². The lowest BCUT2D eigenvalue weighted by Gasteiger charge is -2.19. The lowest BCUT2D eigenvalue weighted by atomic mass is 9.99. The fourth-order valence-corrected chi connectivity index (χ4v) is 1.72. The number of hydrogen-bond donors (Lipinski definition) is 3. The van der Waals surface area contributed by atoms with Gasteiger partial charge in [-0.1, -0.05) is 17.7 Å². The second-order valence-electron chi connectivity index (χ2n) is 3.64. The SMILES string of the molecule is CCOC(=O)C(O)C(O)c1ccc(Cl)cc1CO. The van der Waals surface area contributed by atoms with Gasteiger partial charge in [0.05, 0.1) is 13.2 Å². The summed E-state index contributed by atoms with van der Waals surface area (Å²) in [6.07, 6.45) is -3.17. The molecule has 2 atom stereocenters. The third kappa shape index (κ3) is 3.43. The first kappa shape index (κ1) is 14.9. The van der Waals surface area contributed by atoms with Crippen molar-refractivity contribution in [2.45, 2.75) is 25.7 Å². The molecule has 0 bridgehead atoms. The van der Waals surface area contributed by atoms with Gasteiger partial charge < -0.3 is 20.1 Å². The summed E-state index contributed by atoms with van der Waals surface area (Å²) >= 11 is 5.75. The van der Waals surface area contributed by atoms with Crippen molar-refractivity contribution in [2.24, 2.45) is 0 Å². The van der Waals surface area contributed by atoms with Gasteiger partial charge in [0.1, 0.15) is 6.10 Å². The van der Waals surface area contributed by atoms with Gasteiger partial charge >= 0.3 is 5.97 Å². The number of rotatable bonds is 5. The van der Waals surface area contributed by atoms with E-state index >= 15 is 0 Å². The average molecular weight is 275 g/mol. The minimum atomic E-state index is -1.70. The quantitative estimate of drug-likeness (QED) is 0.691. The van der Waals surface area contributed by atoms with E-state index in [4.69, 9.17) is 16.7 Å². The lowest BCUT2D eigenvalue weighted by Crippen LogP contribution is -2.30. The van der Waals surface area contributed by atoms with E-state index in [1.54, 1.807) is 6.92 Å². The second-order valence-corrected chi connectivity index (χ2v) is 4.08. The minimum absolute atomic E-state index is 0.107. The highest BCUT2D eigenvalue weighted by molar-refractivity contribution is 6.30. The van der Waals surface area contributed by atoms with Crippen molar-refractivity contribution in [1.29, 1.82) is 0 Å². The predicted octanol–water partition coefficient (Wildman–Crippen LogP) is 0.790. The molecule has 0 heterocycles. The van der Waals surface area contributed by atoms with Crippen LogP contribution in [0.15, 0.2) is 18.2 Å². The Balaban J connectivity index is 2.95. The molecule has 1 aromatic carbocycles. The maximum atomic E-state index is 11.3. The molecule has 1 rings (SSSR count). The van der Waals surface area contributed by atoms with Crippen LogP contribution >= 0.6 is 11.6 Å². The van der Waals surface area contributed by atoms with Crippen LogP contribution in [0.4, 0.5) is 0 Å². The van der Waals surface area contributed by atoms with Gasteiger partial charge in [-0.2, -0.15) is 0 Å². The zero-order valence-electron chi connectivity index (χ0n) is 9.84. The van der Waals surface area contributed by atoms with Gasteiger partial charge in [0.25, 0.3) is 0 Å². The summed E-state index contributed by atoms with van der Waals surface area (Å²) in [6, 6.07) is 4.40. The van der Waals surface area contributed by atoms with Crippen LogP contribution in [0, 0.1) is 0 Å². The summed E-state index contributed by atoms with van der Waals surface area (Å²) in [5.41, 5.74) is 0.584. The number of esters is 1. The monoisotopic (exact) mass is 274 g/mol. The van der Waals surface area contributed by atoms with Crippen LogP contribution in [-0.2, 0) is 16.1 Å². The maximum Gasteiger partial charge on any atom is 0.338 e. The molecule has 0 saturated heterocycles. The van der Waals surface area contributed by atoms with E-state index in [0.717, 1.165) is 0 Å². The van der Waals surface area contributed by atoms with E-state index in [9.17, 15) is 15.0 Å². The van der Waals surface area contributed by atoms with Gasteiger partial charge in [-0.25, -0.2) is 4.79 Å². The standard InChI is InChI=1S/C12H15ClO5/c1-2-18-12(17)11(16)10(15)9-4-3-8(13)5-7(9)6-14/h3-5,10-11,14-16H,2,6H2,1H3. The molecule has 5 nitrogen and oxygen atoms in total. The summed E-state index contributed by atoms with van der Waals surface area (Å²) in [4.78, 5) is 11.3. The van der Waals surface area contributed by atoms with E-state index < -0.39 is 18.2 Å². The lowest BCUT2D eigenvalue weighted by molar-refractivity contribution is -0.159. The number of hydrogen-bond acceptors (Lipinski definition) is 5. The van der Waals surface area contributed by atoms with Crippen molar-refractivity contribution in [3.63, 3.8) is 0 Å². The van der Waals surface area contributed by atoms with Gasteiger partial charge in [0.2, 0.25) is 0 Å². The van der Waals surface area contributed by atoms with Crippen molar-refractivity contribution in [2.75, 3.05) is 6.61 Å². The highest BCUT2D eigenvalue weighted by Crippen LogP contribution is 2.25. The molecule has 100 valence electrons. The topological polar surface area (TPSA) is 87.0 Å². The van der Waals surface area contributed by atoms with Crippen LogP contribution in [0.25, 0.3) is 0 Å². The van der Waals surface area contributed by atoms with Crippen molar-refractivity contribution in [3.05, 3.63) is 34.3 Å². The van der Waals surface area contributed by atoms with Gasteiger partial charge in [0, 0.05) is 5.02 Å². The average Bonchev–Trinajstić information content (AvgIpc) is 2.37. The molecule has 0 aromatic heterocycles. The number of halogens is 1. The summed E-state index contributed by atoms with van der Waals surface area (Å²) in [5, 5.41) is 29.0. The second kappa shape index (κ2) is 6.70. The van der Waals surface area contributed by atoms with Crippen LogP contribution in [0.2, 0.25) is 5.02 Å². The summed E-state index contributed by atoms with van der Waals surface area (Å²) < 4.78 is 4.61. The van der Waals surface area contributed by atoms with E-state index in [0.29, 0.717) is 10.6 Å². The zero-order valence-corrected chi connectivity index (χ0v) is 10.6. The number of carbonyl (C=O) groups is 1.